The Morgan fingerprint density at radius 1 is 0.238 bits per heavy atom. The molecule has 0 fully saturated rings. The van der Waals surface area contributed by atoms with Crippen molar-refractivity contribution >= 4 is 329 Å². The van der Waals surface area contributed by atoms with Crippen molar-refractivity contribution in [1.82, 2.24) is 0 Å². The predicted octanol–water partition coefficient (Wildman–Crippen LogP) is 30.1. The van der Waals surface area contributed by atoms with E-state index in [1.54, 1.807) is 306 Å². The maximum absolute atomic E-state index is 16.4. The molecule has 0 atom stereocenters. The van der Waals surface area contributed by atoms with E-state index in [1.165, 1.54) is 0 Å². The van der Waals surface area contributed by atoms with Gasteiger partial charge in [0.2, 0.25) is 19.9 Å². The van der Waals surface area contributed by atoms with Gasteiger partial charge in [-0.3, -0.25) is 0 Å². The zero-order valence-electron chi connectivity index (χ0n) is 76.8. The second kappa shape index (κ2) is 34.0. The average molecular weight is 2190 g/mol. The number of esters is 5. The summed E-state index contributed by atoms with van der Waals surface area (Å²) in [5, 5.41) is 17.7. The van der Waals surface area contributed by atoms with Crippen molar-refractivity contribution in [1.29, 1.82) is 0 Å². The number of benzene rings is 7. The first-order valence-corrected chi connectivity index (χ1v) is 62.1. The highest BCUT2D eigenvalue weighted by molar-refractivity contribution is 8.25. The zero-order valence-corrected chi connectivity index (χ0v) is 96.4. The van der Waals surface area contributed by atoms with Gasteiger partial charge in [-0.05, 0) is 216 Å². The Labute approximate surface area is 863 Å². The number of thioether (sulfide) groups is 23. The molecule has 12 nitrogen and oxygen atoms in total. The highest BCUT2D eigenvalue weighted by Gasteiger charge is 2.57. The minimum atomic E-state index is -0.511. The van der Waals surface area contributed by atoms with Gasteiger partial charge in [-0.1, -0.05) is 6.92 Å². The van der Waals surface area contributed by atoms with Gasteiger partial charge in [-0.2, -0.15) is 0 Å². The first kappa shape index (κ1) is 98.2. The third kappa shape index (κ3) is 17.5. The molecule has 0 aromatic heterocycles. The van der Waals surface area contributed by atoms with Crippen LogP contribution >= 0.6 is 271 Å². The highest BCUT2D eigenvalue weighted by Crippen LogP contribution is 2.76. The van der Waals surface area contributed by atoms with Gasteiger partial charge < -0.3 is 33.5 Å². The lowest BCUT2D eigenvalue weighted by molar-refractivity contribution is -0.291. The number of fused-ring (bicyclic) bond motifs is 12. The number of rotatable bonds is 16. The minimum Gasteiger partial charge on any atom is -0.613 e. The molecule has 7 aromatic rings. The van der Waals surface area contributed by atoms with Crippen molar-refractivity contribution in [3.63, 3.8) is 0 Å². The summed E-state index contributed by atoms with van der Waals surface area (Å²) in [5.74, 6) is -1.82. The van der Waals surface area contributed by atoms with Crippen molar-refractivity contribution in [2.45, 2.75) is 355 Å². The van der Waals surface area contributed by atoms with E-state index in [0.29, 0.717) is 33.0 Å². The summed E-state index contributed by atoms with van der Waals surface area (Å²) in [4.78, 5) is 99.2. The molecule has 0 saturated heterocycles. The normalized spacial score (nSPS) is 21.6. The molecule has 0 spiro atoms. The smallest absolute Gasteiger partial charge is 0.345 e. The molecule has 12 aliphatic rings. The zero-order chi connectivity index (χ0) is 93.4. The van der Waals surface area contributed by atoms with Crippen LogP contribution in [0.4, 0.5) is 0 Å². The first-order valence-electron chi connectivity index (χ1n) is 42.5. The van der Waals surface area contributed by atoms with E-state index in [4.69, 9.17) is 28.4 Å². The molecule has 12 aliphatic heterocycles. The van der Waals surface area contributed by atoms with E-state index >= 15 is 9.59 Å². The summed E-state index contributed by atoms with van der Waals surface area (Å²) in [5.41, 5.74) is 9.01. The molecule has 0 bridgehead atoms. The van der Waals surface area contributed by atoms with Crippen LogP contribution in [0.15, 0.2) is 137 Å². The first-order chi connectivity index (χ1) is 60.5. The molecule has 0 amide bonds. The van der Waals surface area contributed by atoms with Gasteiger partial charge in [0.25, 0.3) is 0 Å². The van der Waals surface area contributed by atoms with E-state index in [1.807, 2.05) is 27.7 Å². The number of hydrogen-bond acceptors (Lipinski definition) is 35. The van der Waals surface area contributed by atoms with Gasteiger partial charge in [0.15, 0.2) is 0 Å². The van der Waals surface area contributed by atoms with Crippen LogP contribution in [-0.4, -0.2) is 105 Å². The van der Waals surface area contributed by atoms with Crippen LogP contribution in [-0.2, 0) is 30.3 Å². The summed E-state index contributed by atoms with van der Waals surface area (Å²) < 4.78 is 33.8. The third-order valence-electron chi connectivity index (χ3n) is 21.3. The van der Waals surface area contributed by atoms with Crippen LogP contribution in [0.3, 0.4) is 0 Å². The molecule has 0 radical (unpaired) electrons. The molecule has 0 N–H and O–H groups in total. The Bertz CT molecular complexity index is 6390. The molecule has 12 heterocycles. The van der Waals surface area contributed by atoms with Crippen molar-refractivity contribution in [2.75, 3.05) is 26.4 Å². The predicted molar refractivity (Wildman–Crippen MR) is 570 cm³/mol. The molecule has 130 heavy (non-hydrogen) atoms. The summed E-state index contributed by atoms with van der Waals surface area (Å²) >= 11 is 41.9. The van der Waals surface area contributed by atoms with Gasteiger partial charge in [0, 0.05) is 165 Å². The van der Waals surface area contributed by atoms with Crippen molar-refractivity contribution < 1.29 is 57.5 Å². The Morgan fingerprint density at radius 2 is 0.423 bits per heavy atom. The van der Waals surface area contributed by atoms with Crippen molar-refractivity contribution in [2.24, 2.45) is 0 Å². The van der Waals surface area contributed by atoms with Gasteiger partial charge in [0.1, 0.15) is 11.5 Å². The molecule has 19 rings (SSSR count). The number of ether oxygens (including phenoxy) is 6. The second-order valence-electron chi connectivity index (χ2n) is 37.5. The van der Waals surface area contributed by atoms with Crippen LogP contribution in [0.25, 0.3) is 17.1 Å². The average Bonchev–Trinajstić information content (AvgIpc) is 1.51. The van der Waals surface area contributed by atoms with Gasteiger partial charge in [0.05, 0.1) is 109 Å². The summed E-state index contributed by atoms with van der Waals surface area (Å²) in [6.45, 7) is 62.0. The Kier molecular flexibility index (Phi) is 25.7. The monoisotopic (exact) mass is 2180 g/mol. The molecule has 0 saturated carbocycles. The SMILES string of the molecule is CCOC(=O)c1c2c(c(C(c3c4c(c(C(=O)Oc5ccc(OC(=O)c6c7c(c(C(c8c9c(c(C(=O)OCC)c%10c8SC(C)(C)S%10)SC(C)(C)S9)=c8c9c(c(C(=O)OCC)c%10c8=[S+]C(C)(C)S%10)SC(C)(C)S9)c8c6SC(C)(C)S8)SC(C)(C)S7)cc5)c5c3SC(C)(C)S5)SC(C)(C)S4)=c3c4c(c(=C([O-])OCC)c5c3SC(C)(C)S5)SC(C)(C)S4)c3c1SC(C)(C)S3)SC(C)(C)S2. The van der Waals surface area contributed by atoms with Gasteiger partial charge in [-0.25, -0.2) is 24.0 Å². The lowest BCUT2D eigenvalue weighted by Crippen LogP contribution is -2.28. The fraction of sp³-hybridized carbons (Fsp3) is 0.468. The van der Waals surface area contributed by atoms with Crippen molar-refractivity contribution in [3.05, 3.63) is 94.5 Å². The van der Waals surface area contributed by atoms with Crippen LogP contribution < -0.4 is 30.2 Å². The fourth-order valence-corrected chi connectivity index (χ4v) is 52.7. The molecule has 0 aliphatic carbocycles. The molecule has 7 aromatic carbocycles. The summed E-state index contributed by atoms with van der Waals surface area (Å²) in [6, 6.07) is 6.90. The number of carbonyl (C=O) groups is 5. The van der Waals surface area contributed by atoms with E-state index < -0.39 is 60.9 Å². The summed E-state index contributed by atoms with van der Waals surface area (Å²) in [6.07, 6.45) is 0. The standard InChI is InChI=1S/C94H96O12S24/c1-29-101-77(95)47-65-53(107-83(5,6)119-65)41(54-66(47)120-84(7,8)108-54)39(42-55-67(121-85(9,10)109-55)48(78(96)102-30-2)68-56(42)110-86(11,12)122-68)45-61-73(127-91(21,22)115-61)51(74-62(45)116-92(23,24)128-74)81(99)105-37-33-35-38(36-34-37)106-82(100)52-75-63(117-93(25,26)129-75)46(64-76(52)130-94(27,28)118-64)40(43-57-69(123-87(13,14)111-57)49(79(97)103-31-3)70-58(43)112-88(15,16)124-70)44-59-71(125-89(17,18)113-59)50(80(98)104-32-4)72-60(44)114-90(19,20)126-72/h33-36H,29-32H2,1-28H3. The van der Waals surface area contributed by atoms with Crippen LogP contribution in [0.5, 0.6) is 11.5 Å². The Hall–Kier alpha value is -0.630. The molecule has 36 heteroatoms. The van der Waals surface area contributed by atoms with E-state index in [-0.39, 0.29) is 61.8 Å². The van der Waals surface area contributed by atoms with E-state index in [9.17, 15) is 19.5 Å². The molecule has 688 valence electrons. The summed E-state index contributed by atoms with van der Waals surface area (Å²) in [7, 11) is 0. The molecule has 0 unspecified atom stereocenters. The lowest BCUT2D eigenvalue weighted by Gasteiger charge is -2.25. The topological polar surface area (TPSA) is 164 Å². The van der Waals surface area contributed by atoms with Crippen LogP contribution in [0, 0.1) is 4.51 Å². The molecular formula is C94H96O12S24. The van der Waals surface area contributed by atoms with Crippen LogP contribution in [0.1, 0.15) is 268 Å². The number of hydrogen-bond donors (Lipinski definition) is 0. The van der Waals surface area contributed by atoms with E-state index in [0.717, 1.165) is 161 Å². The fourth-order valence-electron chi connectivity index (χ4n) is 17.4. The minimum absolute atomic E-state index is 0.224. The van der Waals surface area contributed by atoms with E-state index in [2.05, 4.69) is 166 Å². The lowest BCUT2D eigenvalue weighted by atomic mass is 9.92. The Balaban J connectivity index is 0.784. The third-order valence-corrected chi connectivity index (χ3v) is 55.4. The quantitative estimate of drug-likeness (QED) is 0.0295. The number of carbonyl (C=O) groups excluding carboxylic acids is 5. The second-order valence-corrected chi connectivity index (χ2v) is 79.8. The Morgan fingerprint density at radius 3 is 0.662 bits per heavy atom. The van der Waals surface area contributed by atoms with Gasteiger partial charge in [-0.15, -0.1) is 259 Å². The maximum Gasteiger partial charge on any atom is 0.345 e. The largest absolute Gasteiger partial charge is 0.613 e. The van der Waals surface area contributed by atoms with Crippen LogP contribution in [0.2, 0.25) is 0 Å². The highest BCUT2D eigenvalue weighted by atomic mass is 32.2. The molecular weight excluding hydrogens is 2090 g/mol. The maximum atomic E-state index is 16.4. The van der Waals surface area contributed by atoms with Crippen molar-refractivity contribution in [3.8, 4) is 11.5 Å². The van der Waals surface area contributed by atoms with Gasteiger partial charge >= 0.3 is 29.8 Å².